The molecule has 0 aromatic heterocycles. The third-order valence-electron chi connectivity index (χ3n) is 5.95. The summed E-state index contributed by atoms with van der Waals surface area (Å²) in [5, 5.41) is 7.01. The molecule has 1 aromatic rings. The molecule has 158 valence electrons. The lowest BCUT2D eigenvalue weighted by Gasteiger charge is -2.30. The second kappa shape index (κ2) is 11.9. The Hall–Kier alpha value is -1.02. The molecule has 0 unspecified atom stereocenters. The van der Waals surface area contributed by atoms with Crippen molar-refractivity contribution in [1.29, 1.82) is 0 Å². The van der Waals surface area contributed by atoms with E-state index in [4.69, 9.17) is 9.47 Å². The molecule has 2 N–H and O–H groups in total. The van der Waals surface area contributed by atoms with Crippen molar-refractivity contribution in [1.82, 2.24) is 10.6 Å². The SMILES string of the molecule is CN=C(NCc1ccccc1OCC1CC1)NCC1(CCOC)CCCC1.I. The van der Waals surface area contributed by atoms with Gasteiger partial charge < -0.3 is 20.1 Å². The smallest absolute Gasteiger partial charge is 0.191 e. The van der Waals surface area contributed by atoms with Crippen LogP contribution in [0.1, 0.15) is 50.5 Å². The molecule has 2 saturated carbocycles. The lowest BCUT2D eigenvalue weighted by Crippen LogP contribution is -2.43. The van der Waals surface area contributed by atoms with Crippen molar-refractivity contribution in [2.75, 3.05) is 33.9 Å². The van der Waals surface area contributed by atoms with E-state index >= 15 is 0 Å². The number of nitrogens with zero attached hydrogens (tertiary/aromatic N) is 1. The maximum atomic E-state index is 6.01. The normalized spacial score (nSPS) is 18.4. The van der Waals surface area contributed by atoms with Gasteiger partial charge in [0.05, 0.1) is 6.61 Å². The van der Waals surface area contributed by atoms with E-state index in [0.717, 1.165) is 43.8 Å². The van der Waals surface area contributed by atoms with Crippen molar-refractivity contribution in [2.45, 2.75) is 51.5 Å². The second-order valence-electron chi connectivity index (χ2n) is 8.09. The fraction of sp³-hybridized carbons (Fsp3) is 0.682. The molecule has 6 heteroatoms. The zero-order valence-corrected chi connectivity index (χ0v) is 19.7. The van der Waals surface area contributed by atoms with Crippen LogP contribution in [0, 0.1) is 11.3 Å². The fourth-order valence-electron chi connectivity index (χ4n) is 3.91. The van der Waals surface area contributed by atoms with Gasteiger partial charge >= 0.3 is 0 Å². The topological polar surface area (TPSA) is 54.9 Å². The molecule has 2 fully saturated rings. The molecular weight excluding hydrogens is 465 g/mol. The fourth-order valence-corrected chi connectivity index (χ4v) is 3.91. The Morgan fingerprint density at radius 3 is 2.61 bits per heavy atom. The number of para-hydroxylation sites is 1. The summed E-state index contributed by atoms with van der Waals surface area (Å²) in [6.45, 7) is 3.34. The first-order valence-corrected chi connectivity index (χ1v) is 10.4. The Labute approximate surface area is 187 Å². The number of nitrogens with one attached hydrogen (secondary N) is 2. The number of aliphatic imine (C=N–C) groups is 1. The number of benzene rings is 1. The van der Waals surface area contributed by atoms with Gasteiger partial charge in [0.15, 0.2) is 5.96 Å². The van der Waals surface area contributed by atoms with Gasteiger partial charge in [-0.1, -0.05) is 31.0 Å². The molecule has 0 heterocycles. The highest BCUT2D eigenvalue weighted by molar-refractivity contribution is 14.0. The van der Waals surface area contributed by atoms with E-state index in [1.165, 1.54) is 44.1 Å². The Bertz CT molecular complexity index is 614. The molecule has 28 heavy (non-hydrogen) atoms. The summed E-state index contributed by atoms with van der Waals surface area (Å²) >= 11 is 0. The van der Waals surface area contributed by atoms with Crippen LogP contribution in [-0.4, -0.2) is 39.9 Å². The van der Waals surface area contributed by atoms with Gasteiger partial charge in [-0.2, -0.15) is 0 Å². The van der Waals surface area contributed by atoms with Gasteiger partial charge in [0.25, 0.3) is 0 Å². The lowest BCUT2D eigenvalue weighted by atomic mass is 9.83. The monoisotopic (exact) mass is 501 g/mol. The van der Waals surface area contributed by atoms with Gasteiger partial charge in [-0.15, -0.1) is 24.0 Å². The summed E-state index contributed by atoms with van der Waals surface area (Å²) < 4.78 is 11.4. The molecule has 3 rings (SSSR count). The number of ether oxygens (including phenoxy) is 2. The third-order valence-corrected chi connectivity index (χ3v) is 5.95. The van der Waals surface area contributed by atoms with Crippen LogP contribution in [0.15, 0.2) is 29.3 Å². The number of hydrogen-bond acceptors (Lipinski definition) is 3. The molecule has 0 bridgehead atoms. The number of methoxy groups -OCH3 is 1. The van der Waals surface area contributed by atoms with Gasteiger partial charge in [0, 0.05) is 39.4 Å². The first-order chi connectivity index (χ1) is 13.2. The van der Waals surface area contributed by atoms with Crippen LogP contribution in [-0.2, 0) is 11.3 Å². The Kier molecular flexibility index (Phi) is 9.85. The molecule has 0 atom stereocenters. The number of hydrogen-bond donors (Lipinski definition) is 2. The van der Waals surface area contributed by atoms with Crippen LogP contribution < -0.4 is 15.4 Å². The highest BCUT2D eigenvalue weighted by Gasteiger charge is 2.33. The van der Waals surface area contributed by atoms with Crippen LogP contribution in [0.5, 0.6) is 5.75 Å². The largest absolute Gasteiger partial charge is 0.493 e. The first kappa shape index (κ1) is 23.3. The molecule has 0 aliphatic heterocycles. The minimum Gasteiger partial charge on any atom is -0.493 e. The van der Waals surface area contributed by atoms with Crippen LogP contribution in [0.3, 0.4) is 0 Å². The van der Waals surface area contributed by atoms with Crippen molar-refractivity contribution in [3.05, 3.63) is 29.8 Å². The summed E-state index contributed by atoms with van der Waals surface area (Å²) in [5.41, 5.74) is 1.52. The highest BCUT2D eigenvalue weighted by Crippen LogP contribution is 2.40. The van der Waals surface area contributed by atoms with E-state index in [1.807, 2.05) is 13.1 Å². The molecule has 1 aromatic carbocycles. The van der Waals surface area contributed by atoms with E-state index in [9.17, 15) is 0 Å². The lowest BCUT2D eigenvalue weighted by molar-refractivity contribution is 0.138. The highest BCUT2D eigenvalue weighted by atomic mass is 127. The number of guanidine groups is 1. The van der Waals surface area contributed by atoms with Gasteiger partial charge in [0.1, 0.15) is 5.75 Å². The molecule has 0 spiro atoms. The van der Waals surface area contributed by atoms with E-state index < -0.39 is 0 Å². The molecule has 0 radical (unpaired) electrons. The minimum absolute atomic E-state index is 0. The number of halogens is 1. The van der Waals surface area contributed by atoms with Crippen molar-refractivity contribution in [2.24, 2.45) is 16.3 Å². The van der Waals surface area contributed by atoms with Crippen molar-refractivity contribution < 1.29 is 9.47 Å². The average molecular weight is 501 g/mol. The summed E-state index contributed by atoms with van der Waals surface area (Å²) in [5.74, 6) is 2.60. The maximum Gasteiger partial charge on any atom is 0.191 e. The summed E-state index contributed by atoms with van der Waals surface area (Å²) in [6, 6.07) is 8.29. The Morgan fingerprint density at radius 1 is 1.18 bits per heavy atom. The van der Waals surface area contributed by atoms with Crippen LogP contribution in [0.25, 0.3) is 0 Å². The maximum absolute atomic E-state index is 6.01. The molecule has 2 aliphatic carbocycles. The predicted molar refractivity (Wildman–Crippen MR) is 126 cm³/mol. The van der Waals surface area contributed by atoms with Crippen LogP contribution in [0.4, 0.5) is 0 Å². The van der Waals surface area contributed by atoms with Gasteiger partial charge in [-0.05, 0) is 49.5 Å². The van der Waals surface area contributed by atoms with Gasteiger partial charge in [-0.25, -0.2) is 0 Å². The molecule has 2 aliphatic rings. The summed E-state index contributed by atoms with van der Waals surface area (Å²) in [4.78, 5) is 4.41. The van der Waals surface area contributed by atoms with Gasteiger partial charge in [-0.3, -0.25) is 4.99 Å². The molecule has 0 saturated heterocycles. The average Bonchev–Trinajstić information content (AvgIpc) is 3.42. The second-order valence-corrected chi connectivity index (χ2v) is 8.09. The Balaban J connectivity index is 0.00000280. The minimum atomic E-state index is 0. The van der Waals surface area contributed by atoms with Crippen molar-refractivity contribution in [3.63, 3.8) is 0 Å². The third kappa shape index (κ3) is 7.10. The van der Waals surface area contributed by atoms with Crippen LogP contribution in [0.2, 0.25) is 0 Å². The molecule has 0 amide bonds. The quantitative estimate of drug-likeness (QED) is 0.284. The zero-order valence-electron chi connectivity index (χ0n) is 17.3. The predicted octanol–water partition coefficient (Wildman–Crippen LogP) is 4.36. The van der Waals surface area contributed by atoms with E-state index in [0.29, 0.717) is 12.0 Å². The molecular formula is C22H36IN3O2. The molecule has 5 nitrogen and oxygen atoms in total. The van der Waals surface area contributed by atoms with Crippen molar-refractivity contribution >= 4 is 29.9 Å². The standard InChI is InChI=1S/C22H35N3O2.HI/c1-23-21(25-17-22(13-14-26-2)11-5-6-12-22)24-15-19-7-3-4-8-20(19)27-16-18-9-10-18;/h3-4,7-8,18H,5-6,9-17H2,1-2H3,(H2,23,24,25);1H. The number of rotatable bonds is 10. The zero-order chi connectivity index (χ0) is 19.0. The van der Waals surface area contributed by atoms with Crippen LogP contribution >= 0.6 is 24.0 Å². The van der Waals surface area contributed by atoms with E-state index in [2.05, 4.69) is 33.8 Å². The van der Waals surface area contributed by atoms with E-state index in [1.54, 1.807) is 7.11 Å². The Morgan fingerprint density at radius 2 is 1.93 bits per heavy atom. The van der Waals surface area contributed by atoms with E-state index in [-0.39, 0.29) is 24.0 Å². The first-order valence-electron chi connectivity index (χ1n) is 10.4. The van der Waals surface area contributed by atoms with Gasteiger partial charge in [0.2, 0.25) is 0 Å². The summed E-state index contributed by atoms with van der Waals surface area (Å²) in [7, 11) is 3.63. The summed E-state index contributed by atoms with van der Waals surface area (Å²) in [6.07, 6.45) is 8.93. The van der Waals surface area contributed by atoms with Crippen molar-refractivity contribution in [3.8, 4) is 5.75 Å².